The molecule has 0 unspecified atom stereocenters. The molecule has 1 aliphatic rings. The Labute approximate surface area is 101 Å². The van der Waals surface area contributed by atoms with E-state index in [4.69, 9.17) is 0 Å². The van der Waals surface area contributed by atoms with Crippen molar-refractivity contribution in [2.75, 3.05) is 0 Å². The molecule has 2 aromatic rings. The molecular formula is C13H16N4. The fourth-order valence-corrected chi connectivity index (χ4v) is 1.85. The molecule has 17 heavy (non-hydrogen) atoms. The normalized spacial score (nSPS) is 15.1. The van der Waals surface area contributed by atoms with Crippen LogP contribution in [0.2, 0.25) is 0 Å². The zero-order chi connectivity index (χ0) is 11.7. The molecule has 88 valence electrons. The summed E-state index contributed by atoms with van der Waals surface area (Å²) in [7, 11) is 0. The van der Waals surface area contributed by atoms with E-state index in [9.17, 15) is 0 Å². The Morgan fingerprint density at radius 2 is 2.35 bits per heavy atom. The lowest BCUT2D eigenvalue weighted by Gasteiger charge is -2.04. The first-order valence-corrected chi connectivity index (χ1v) is 6.00. The van der Waals surface area contributed by atoms with E-state index in [1.165, 1.54) is 18.4 Å². The van der Waals surface area contributed by atoms with Crippen LogP contribution >= 0.6 is 0 Å². The summed E-state index contributed by atoms with van der Waals surface area (Å²) < 4.78 is 2.03. The van der Waals surface area contributed by atoms with Crippen molar-refractivity contribution in [1.82, 2.24) is 19.9 Å². The first-order valence-electron chi connectivity index (χ1n) is 6.00. The summed E-state index contributed by atoms with van der Waals surface area (Å²) >= 11 is 0. The third-order valence-corrected chi connectivity index (χ3v) is 3.07. The second-order valence-electron chi connectivity index (χ2n) is 4.59. The second kappa shape index (κ2) is 4.30. The largest absolute Gasteiger partial charge is 0.308 e. The van der Waals surface area contributed by atoms with Gasteiger partial charge >= 0.3 is 0 Å². The van der Waals surface area contributed by atoms with Crippen molar-refractivity contribution < 1.29 is 0 Å². The van der Waals surface area contributed by atoms with Crippen LogP contribution in [0.25, 0.3) is 5.69 Å². The Hall–Kier alpha value is -1.68. The van der Waals surface area contributed by atoms with Gasteiger partial charge in [0.15, 0.2) is 0 Å². The molecule has 2 heterocycles. The molecule has 0 aromatic carbocycles. The fraction of sp³-hybridized carbons (Fsp3) is 0.385. The van der Waals surface area contributed by atoms with E-state index in [0.717, 1.165) is 24.0 Å². The molecular weight excluding hydrogens is 212 g/mol. The van der Waals surface area contributed by atoms with Crippen LogP contribution in [0.15, 0.2) is 31.0 Å². The summed E-state index contributed by atoms with van der Waals surface area (Å²) in [5.74, 6) is 0. The van der Waals surface area contributed by atoms with Gasteiger partial charge in [0.1, 0.15) is 0 Å². The zero-order valence-electron chi connectivity index (χ0n) is 9.93. The average Bonchev–Trinajstić information content (AvgIpc) is 3.06. The predicted molar refractivity (Wildman–Crippen MR) is 66.0 cm³/mol. The predicted octanol–water partition coefficient (Wildman–Crippen LogP) is 1.83. The minimum atomic E-state index is 0.722. The van der Waals surface area contributed by atoms with Crippen LogP contribution in [0, 0.1) is 6.92 Å². The molecule has 1 aliphatic carbocycles. The van der Waals surface area contributed by atoms with Crippen LogP contribution < -0.4 is 5.32 Å². The highest BCUT2D eigenvalue weighted by molar-refractivity contribution is 5.37. The van der Waals surface area contributed by atoms with Gasteiger partial charge in [-0.1, -0.05) is 0 Å². The minimum Gasteiger partial charge on any atom is -0.308 e. The molecule has 0 saturated heterocycles. The number of rotatable bonds is 4. The highest BCUT2D eigenvalue weighted by Crippen LogP contribution is 2.19. The Morgan fingerprint density at radius 3 is 3.12 bits per heavy atom. The van der Waals surface area contributed by atoms with Gasteiger partial charge in [0.2, 0.25) is 0 Å². The third-order valence-electron chi connectivity index (χ3n) is 3.07. The summed E-state index contributed by atoms with van der Waals surface area (Å²) in [4.78, 5) is 8.56. The maximum absolute atomic E-state index is 4.41. The SMILES string of the molecule is Cc1ccncc1-n1cnc(CNC2CC2)c1. The van der Waals surface area contributed by atoms with E-state index in [0.29, 0.717) is 0 Å². The summed E-state index contributed by atoms with van der Waals surface area (Å²) in [5, 5.41) is 3.46. The van der Waals surface area contributed by atoms with E-state index in [1.807, 2.05) is 29.4 Å². The number of hydrogen-bond acceptors (Lipinski definition) is 3. The van der Waals surface area contributed by atoms with Crippen molar-refractivity contribution in [3.8, 4) is 5.69 Å². The van der Waals surface area contributed by atoms with Crippen molar-refractivity contribution in [1.29, 1.82) is 0 Å². The molecule has 0 radical (unpaired) electrons. The van der Waals surface area contributed by atoms with Crippen molar-refractivity contribution in [2.24, 2.45) is 0 Å². The maximum Gasteiger partial charge on any atom is 0.0996 e. The molecule has 0 atom stereocenters. The number of pyridine rings is 1. The van der Waals surface area contributed by atoms with Gasteiger partial charge in [0, 0.05) is 25.0 Å². The van der Waals surface area contributed by atoms with Crippen LogP contribution in [0.3, 0.4) is 0 Å². The molecule has 4 heteroatoms. The Morgan fingerprint density at radius 1 is 1.47 bits per heavy atom. The average molecular weight is 228 g/mol. The molecule has 1 saturated carbocycles. The molecule has 0 amide bonds. The van der Waals surface area contributed by atoms with Gasteiger partial charge in [-0.25, -0.2) is 4.98 Å². The lowest BCUT2D eigenvalue weighted by Crippen LogP contribution is -2.15. The van der Waals surface area contributed by atoms with Gasteiger partial charge in [-0.2, -0.15) is 0 Å². The smallest absolute Gasteiger partial charge is 0.0996 e. The first-order chi connectivity index (χ1) is 8.33. The number of aromatic nitrogens is 3. The third kappa shape index (κ3) is 2.36. The Bertz CT molecular complexity index is 514. The van der Waals surface area contributed by atoms with E-state index in [2.05, 4.69) is 28.4 Å². The van der Waals surface area contributed by atoms with Crippen molar-refractivity contribution in [2.45, 2.75) is 32.4 Å². The number of nitrogens with one attached hydrogen (secondary N) is 1. The Kier molecular flexibility index (Phi) is 2.65. The van der Waals surface area contributed by atoms with E-state index in [1.54, 1.807) is 0 Å². The second-order valence-corrected chi connectivity index (χ2v) is 4.59. The molecule has 0 bridgehead atoms. The standard InChI is InChI=1S/C13H16N4/c1-10-4-5-14-7-13(10)17-8-12(16-9-17)6-15-11-2-3-11/h4-5,7-9,11,15H,2-3,6H2,1H3. The molecule has 3 rings (SSSR count). The summed E-state index contributed by atoms with van der Waals surface area (Å²) in [6.45, 7) is 2.94. The molecule has 4 nitrogen and oxygen atoms in total. The van der Waals surface area contributed by atoms with Crippen LogP contribution in [0.1, 0.15) is 24.1 Å². The van der Waals surface area contributed by atoms with Gasteiger partial charge in [-0.15, -0.1) is 0 Å². The van der Waals surface area contributed by atoms with E-state index in [-0.39, 0.29) is 0 Å². The zero-order valence-corrected chi connectivity index (χ0v) is 9.93. The van der Waals surface area contributed by atoms with Crippen molar-refractivity contribution in [3.05, 3.63) is 42.2 Å². The summed E-state index contributed by atoms with van der Waals surface area (Å²) in [6, 6.07) is 2.73. The lowest BCUT2D eigenvalue weighted by molar-refractivity contribution is 0.677. The van der Waals surface area contributed by atoms with Crippen LogP contribution in [0.5, 0.6) is 0 Å². The van der Waals surface area contributed by atoms with Gasteiger partial charge < -0.3 is 9.88 Å². The van der Waals surface area contributed by atoms with Crippen LogP contribution in [-0.2, 0) is 6.54 Å². The summed E-state index contributed by atoms with van der Waals surface area (Å²) in [5.41, 5.74) is 3.39. The Balaban J connectivity index is 1.77. The van der Waals surface area contributed by atoms with Crippen LogP contribution in [0.4, 0.5) is 0 Å². The number of imidazole rings is 1. The monoisotopic (exact) mass is 228 g/mol. The molecule has 1 fully saturated rings. The van der Waals surface area contributed by atoms with E-state index >= 15 is 0 Å². The fourth-order valence-electron chi connectivity index (χ4n) is 1.85. The van der Waals surface area contributed by atoms with Gasteiger partial charge in [0.25, 0.3) is 0 Å². The highest BCUT2D eigenvalue weighted by Gasteiger charge is 2.20. The van der Waals surface area contributed by atoms with Gasteiger partial charge in [0.05, 0.1) is 23.9 Å². The van der Waals surface area contributed by atoms with Crippen LogP contribution in [-0.4, -0.2) is 20.6 Å². The maximum atomic E-state index is 4.41. The van der Waals surface area contributed by atoms with Crippen molar-refractivity contribution in [3.63, 3.8) is 0 Å². The number of aryl methyl sites for hydroxylation is 1. The van der Waals surface area contributed by atoms with E-state index < -0.39 is 0 Å². The topological polar surface area (TPSA) is 42.7 Å². The molecule has 2 aromatic heterocycles. The molecule has 1 N–H and O–H groups in total. The lowest BCUT2D eigenvalue weighted by atomic mass is 10.2. The number of nitrogens with zero attached hydrogens (tertiary/aromatic N) is 3. The van der Waals surface area contributed by atoms with Gasteiger partial charge in [-0.05, 0) is 31.4 Å². The molecule has 0 aliphatic heterocycles. The number of hydrogen-bond donors (Lipinski definition) is 1. The quantitative estimate of drug-likeness (QED) is 0.868. The molecule has 0 spiro atoms. The van der Waals surface area contributed by atoms with Gasteiger partial charge in [-0.3, -0.25) is 4.98 Å². The minimum absolute atomic E-state index is 0.722. The summed E-state index contributed by atoms with van der Waals surface area (Å²) in [6.07, 6.45) is 10.2. The highest BCUT2D eigenvalue weighted by atomic mass is 15.1. The van der Waals surface area contributed by atoms with Crippen molar-refractivity contribution >= 4 is 0 Å². The first kappa shape index (κ1) is 10.5.